The Balaban J connectivity index is 0.00000220. The smallest absolute Gasteiger partial charge is 0.227 e. The molecule has 0 aliphatic carbocycles. The molecule has 3 unspecified atom stereocenters. The number of halogens is 2. The van der Waals surface area contributed by atoms with Gasteiger partial charge in [0.1, 0.15) is 0 Å². The summed E-state index contributed by atoms with van der Waals surface area (Å²) in [5.41, 5.74) is 5.90. The summed E-state index contributed by atoms with van der Waals surface area (Å²) in [6.45, 7) is 9.36. The van der Waals surface area contributed by atoms with Crippen LogP contribution in [0, 0.1) is 5.92 Å². The number of hydrogen-bond donors (Lipinski definition) is 1. The first-order valence-corrected chi connectivity index (χ1v) is 7.95. The van der Waals surface area contributed by atoms with Crippen molar-refractivity contribution in [3.8, 4) is 0 Å². The second-order valence-corrected chi connectivity index (χ2v) is 6.24. The molecule has 0 spiro atoms. The first kappa shape index (κ1) is 21.9. The largest absolute Gasteiger partial charge is 0.379 e. The zero-order valence-electron chi connectivity index (χ0n) is 13.7. The van der Waals surface area contributed by atoms with Gasteiger partial charge in [0.2, 0.25) is 5.91 Å². The molecule has 2 saturated heterocycles. The Labute approximate surface area is 146 Å². The number of ether oxygens (including phenoxy) is 1. The number of piperidine rings is 1. The van der Waals surface area contributed by atoms with Gasteiger partial charge >= 0.3 is 0 Å². The number of likely N-dealkylation sites (tertiary alicyclic amines) is 1. The molecule has 1 amide bonds. The highest BCUT2D eigenvalue weighted by Gasteiger charge is 2.32. The standard InChI is InChI=1S/C15H29N3O2.2ClH/c1-12(13(2)16)15(19)18-6-4-3-5-14(18)11-17-7-9-20-10-8-17;;/h12-14H,3-11,16H2,1-2H3;2*1H. The average Bonchev–Trinajstić information content (AvgIpc) is 2.47. The Morgan fingerprint density at radius 2 is 1.82 bits per heavy atom. The van der Waals surface area contributed by atoms with Gasteiger partial charge in [0, 0.05) is 38.3 Å². The van der Waals surface area contributed by atoms with Crippen molar-refractivity contribution >= 4 is 30.7 Å². The zero-order valence-corrected chi connectivity index (χ0v) is 15.3. The second kappa shape index (κ2) is 10.7. The van der Waals surface area contributed by atoms with Gasteiger partial charge in [-0.2, -0.15) is 0 Å². The maximum atomic E-state index is 12.6. The number of morpholine rings is 1. The number of hydrogen-bond acceptors (Lipinski definition) is 4. The van der Waals surface area contributed by atoms with E-state index in [1.807, 2.05) is 13.8 Å². The summed E-state index contributed by atoms with van der Waals surface area (Å²) < 4.78 is 5.39. The minimum atomic E-state index is -0.0831. The summed E-state index contributed by atoms with van der Waals surface area (Å²) in [5, 5.41) is 0. The minimum Gasteiger partial charge on any atom is -0.379 e. The summed E-state index contributed by atoms with van der Waals surface area (Å²) >= 11 is 0. The van der Waals surface area contributed by atoms with E-state index < -0.39 is 0 Å². The van der Waals surface area contributed by atoms with E-state index in [-0.39, 0.29) is 42.7 Å². The molecule has 2 N–H and O–H groups in total. The molecule has 0 radical (unpaired) electrons. The highest BCUT2D eigenvalue weighted by molar-refractivity contribution is 5.85. The van der Waals surface area contributed by atoms with Gasteiger partial charge in [-0.15, -0.1) is 24.8 Å². The molecule has 2 aliphatic rings. The van der Waals surface area contributed by atoms with E-state index >= 15 is 0 Å². The highest BCUT2D eigenvalue weighted by atomic mass is 35.5. The molecule has 2 rings (SSSR count). The third-order valence-corrected chi connectivity index (χ3v) is 4.66. The van der Waals surface area contributed by atoms with Crippen LogP contribution in [-0.2, 0) is 9.53 Å². The molecule has 0 aromatic heterocycles. The van der Waals surface area contributed by atoms with Crippen molar-refractivity contribution in [3.05, 3.63) is 0 Å². The van der Waals surface area contributed by atoms with Gasteiger partial charge in [-0.1, -0.05) is 6.92 Å². The van der Waals surface area contributed by atoms with Crippen LogP contribution in [0.4, 0.5) is 0 Å². The molecule has 5 nitrogen and oxygen atoms in total. The fourth-order valence-corrected chi connectivity index (χ4v) is 3.05. The Kier molecular flexibility index (Phi) is 10.6. The molecule has 3 atom stereocenters. The lowest BCUT2D eigenvalue weighted by atomic mass is 9.96. The maximum Gasteiger partial charge on any atom is 0.227 e. The van der Waals surface area contributed by atoms with Gasteiger partial charge in [0.05, 0.1) is 19.1 Å². The molecule has 7 heteroatoms. The summed E-state index contributed by atoms with van der Waals surface area (Å²) in [7, 11) is 0. The molecule has 0 bridgehead atoms. The van der Waals surface area contributed by atoms with Crippen LogP contribution in [0.25, 0.3) is 0 Å². The fraction of sp³-hybridized carbons (Fsp3) is 0.933. The van der Waals surface area contributed by atoms with E-state index in [0.717, 1.165) is 52.2 Å². The topological polar surface area (TPSA) is 58.8 Å². The number of amides is 1. The summed E-state index contributed by atoms with van der Waals surface area (Å²) in [5.74, 6) is 0.151. The van der Waals surface area contributed by atoms with Crippen LogP contribution in [0.15, 0.2) is 0 Å². The van der Waals surface area contributed by atoms with Gasteiger partial charge in [-0.3, -0.25) is 9.69 Å². The van der Waals surface area contributed by atoms with E-state index in [9.17, 15) is 4.79 Å². The zero-order chi connectivity index (χ0) is 14.5. The minimum absolute atomic E-state index is 0. The van der Waals surface area contributed by atoms with Gasteiger partial charge in [-0.05, 0) is 26.2 Å². The number of nitrogens with two attached hydrogens (primary N) is 1. The molecule has 0 aromatic carbocycles. The van der Waals surface area contributed by atoms with Crippen LogP contribution in [0.3, 0.4) is 0 Å². The molecular weight excluding hydrogens is 325 g/mol. The number of rotatable bonds is 4. The molecule has 2 heterocycles. The van der Waals surface area contributed by atoms with Crippen molar-refractivity contribution in [2.75, 3.05) is 39.4 Å². The number of carbonyl (C=O) groups excluding carboxylic acids is 1. The summed E-state index contributed by atoms with van der Waals surface area (Å²) in [4.78, 5) is 17.1. The van der Waals surface area contributed by atoms with Crippen LogP contribution < -0.4 is 5.73 Å². The van der Waals surface area contributed by atoms with Crippen molar-refractivity contribution in [2.45, 2.75) is 45.2 Å². The normalized spacial score (nSPS) is 25.6. The van der Waals surface area contributed by atoms with Gasteiger partial charge in [0.25, 0.3) is 0 Å². The Morgan fingerprint density at radius 3 is 2.41 bits per heavy atom. The van der Waals surface area contributed by atoms with E-state index in [4.69, 9.17) is 10.5 Å². The van der Waals surface area contributed by atoms with Crippen molar-refractivity contribution in [2.24, 2.45) is 11.7 Å². The fourth-order valence-electron chi connectivity index (χ4n) is 3.05. The van der Waals surface area contributed by atoms with Gasteiger partial charge < -0.3 is 15.4 Å². The molecule has 22 heavy (non-hydrogen) atoms. The van der Waals surface area contributed by atoms with Crippen molar-refractivity contribution in [1.29, 1.82) is 0 Å². The third-order valence-electron chi connectivity index (χ3n) is 4.66. The molecule has 0 saturated carbocycles. The lowest BCUT2D eigenvalue weighted by Gasteiger charge is -2.41. The summed E-state index contributed by atoms with van der Waals surface area (Å²) in [6, 6.07) is 0.281. The maximum absolute atomic E-state index is 12.6. The lowest BCUT2D eigenvalue weighted by Crippen LogP contribution is -2.54. The predicted molar refractivity (Wildman–Crippen MR) is 93.9 cm³/mol. The summed E-state index contributed by atoms with van der Waals surface area (Å²) in [6.07, 6.45) is 3.47. The third kappa shape index (κ3) is 5.85. The van der Waals surface area contributed by atoms with Crippen molar-refractivity contribution in [1.82, 2.24) is 9.80 Å². The monoisotopic (exact) mass is 355 g/mol. The molecule has 0 aromatic rings. The van der Waals surface area contributed by atoms with Crippen LogP contribution in [0.5, 0.6) is 0 Å². The predicted octanol–water partition coefficient (Wildman–Crippen LogP) is 1.53. The number of carbonyl (C=O) groups is 1. The van der Waals surface area contributed by atoms with Gasteiger partial charge in [-0.25, -0.2) is 0 Å². The number of nitrogens with zero attached hydrogens (tertiary/aromatic N) is 2. The van der Waals surface area contributed by atoms with E-state index in [2.05, 4.69) is 9.80 Å². The van der Waals surface area contributed by atoms with E-state index in [1.165, 1.54) is 6.42 Å². The van der Waals surface area contributed by atoms with Crippen molar-refractivity contribution in [3.63, 3.8) is 0 Å². The molecule has 132 valence electrons. The average molecular weight is 356 g/mol. The Bertz CT molecular complexity index is 326. The van der Waals surface area contributed by atoms with Crippen LogP contribution in [0.1, 0.15) is 33.1 Å². The van der Waals surface area contributed by atoms with Crippen molar-refractivity contribution < 1.29 is 9.53 Å². The van der Waals surface area contributed by atoms with Crippen LogP contribution in [0.2, 0.25) is 0 Å². The quantitative estimate of drug-likeness (QED) is 0.830. The molecule has 2 fully saturated rings. The lowest BCUT2D eigenvalue weighted by molar-refractivity contribution is -0.140. The van der Waals surface area contributed by atoms with E-state index in [1.54, 1.807) is 0 Å². The Morgan fingerprint density at radius 1 is 1.18 bits per heavy atom. The SMILES string of the molecule is CC(N)C(C)C(=O)N1CCCCC1CN1CCOCC1.Cl.Cl. The van der Waals surface area contributed by atoms with Crippen LogP contribution in [-0.4, -0.2) is 67.2 Å². The highest BCUT2D eigenvalue weighted by Crippen LogP contribution is 2.21. The first-order valence-electron chi connectivity index (χ1n) is 7.95. The Hall–Kier alpha value is -0.0700. The van der Waals surface area contributed by atoms with Crippen LogP contribution >= 0.6 is 24.8 Å². The van der Waals surface area contributed by atoms with E-state index in [0.29, 0.717) is 6.04 Å². The first-order chi connectivity index (χ1) is 9.59. The molecular formula is C15H31Cl2N3O2. The van der Waals surface area contributed by atoms with Gasteiger partial charge in [0.15, 0.2) is 0 Å². The molecule has 2 aliphatic heterocycles. The second-order valence-electron chi connectivity index (χ2n) is 6.24.